The van der Waals surface area contributed by atoms with Crippen LogP contribution in [0.5, 0.6) is 5.75 Å². The van der Waals surface area contributed by atoms with Crippen molar-refractivity contribution in [2.24, 2.45) is 0 Å². The van der Waals surface area contributed by atoms with Gasteiger partial charge in [-0.1, -0.05) is 24.3 Å². The van der Waals surface area contributed by atoms with Gasteiger partial charge in [0, 0.05) is 31.9 Å². The zero-order valence-electron chi connectivity index (χ0n) is 17.4. The summed E-state index contributed by atoms with van der Waals surface area (Å²) in [6.07, 6.45) is 0. The van der Waals surface area contributed by atoms with E-state index in [-0.39, 0.29) is 5.95 Å². The van der Waals surface area contributed by atoms with Crippen molar-refractivity contribution >= 4 is 23.3 Å². The minimum absolute atomic E-state index is 0.206. The number of nitrogens with one attached hydrogen (secondary N) is 1. The summed E-state index contributed by atoms with van der Waals surface area (Å²) in [4.78, 5) is 17.9. The number of nitrogens with two attached hydrogens (primary N) is 1. The number of aromatic nitrogens is 3. The molecule has 1 aromatic heterocycles. The molecule has 0 unspecified atom stereocenters. The summed E-state index contributed by atoms with van der Waals surface area (Å²) in [5, 5.41) is 3.22. The highest BCUT2D eigenvalue weighted by Crippen LogP contribution is 2.27. The first-order valence-corrected chi connectivity index (χ1v) is 10.0. The van der Waals surface area contributed by atoms with E-state index in [1.54, 1.807) is 7.11 Å². The van der Waals surface area contributed by atoms with Crippen molar-refractivity contribution < 1.29 is 4.74 Å². The van der Waals surface area contributed by atoms with Crippen LogP contribution in [0.3, 0.4) is 0 Å². The number of anilines is 4. The number of rotatable bonds is 6. The summed E-state index contributed by atoms with van der Waals surface area (Å²) in [6.45, 7) is 6.47. The van der Waals surface area contributed by atoms with Crippen LogP contribution in [0.15, 0.2) is 48.5 Å². The maximum absolute atomic E-state index is 5.96. The quantitative estimate of drug-likeness (QED) is 0.647. The second-order valence-electron chi connectivity index (χ2n) is 7.36. The molecule has 1 saturated heterocycles. The predicted molar refractivity (Wildman–Crippen MR) is 119 cm³/mol. The van der Waals surface area contributed by atoms with Gasteiger partial charge in [-0.3, -0.25) is 4.90 Å². The molecule has 0 bridgehead atoms. The van der Waals surface area contributed by atoms with Gasteiger partial charge in [0.2, 0.25) is 11.9 Å². The number of para-hydroxylation sites is 1. The molecule has 0 radical (unpaired) electrons. The van der Waals surface area contributed by atoms with Crippen LogP contribution in [-0.4, -0.2) is 53.1 Å². The lowest BCUT2D eigenvalue weighted by Gasteiger charge is -2.35. The minimum atomic E-state index is 0.206. The van der Waals surface area contributed by atoms with Gasteiger partial charge in [0.25, 0.3) is 0 Å². The number of aryl methyl sites for hydroxylation is 1. The van der Waals surface area contributed by atoms with Crippen molar-refractivity contribution in [3.63, 3.8) is 0 Å². The van der Waals surface area contributed by atoms with E-state index in [0.717, 1.165) is 43.2 Å². The van der Waals surface area contributed by atoms with Crippen LogP contribution in [0.1, 0.15) is 11.4 Å². The first-order chi connectivity index (χ1) is 14.6. The average molecular weight is 406 g/mol. The fourth-order valence-corrected chi connectivity index (χ4v) is 3.61. The SMILES string of the molecule is COc1ccc(C)cc1Nc1nc(N)nc(CN2CCN(c3ccccc3)CC2)n1. The van der Waals surface area contributed by atoms with E-state index in [0.29, 0.717) is 18.3 Å². The van der Waals surface area contributed by atoms with Gasteiger partial charge in [0.15, 0.2) is 0 Å². The Kier molecular flexibility index (Phi) is 5.94. The van der Waals surface area contributed by atoms with Crippen molar-refractivity contribution in [3.05, 3.63) is 59.9 Å². The maximum Gasteiger partial charge on any atom is 0.232 e. The van der Waals surface area contributed by atoms with Crippen molar-refractivity contribution in [3.8, 4) is 5.75 Å². The number of benzene rings is 2. The number of hydrogen-bond donors (Lipinski definition) is 2. The highest BCUT2D eigenvalue weighted by atomic mass is 16.5. The Balaban J connectivity index is 1.42. The Bertz CT molecular complexity index is 988. The van der Waals surface area contributed by atoms with E-state index in [1.807, 2.05) is 31.2 Å². The molecule has 1 aliphatic rings. The smallest absolute Gasteiger partial charge is 0.232 e. The van der Waals surface area contributed by atoms with Crippen LogP contribution in [-0.2, 0) is 6.54 Å². The highest BCUT2D eigenvalue weighted by molar-refractivity contribution is 5.63. The maximum atomic E-state index is 5.96. The monoisotopic (exact) mass is 405 g/mol. The second kappa shape index (κ2) is 8.96. The van der Waals surface area contributed by atoms with Crippen LogP contribution in [0.25, 0.3) is 0 Å². The fraction of sp³-hybridized carbons (Fsp3) is 0.318. The first-order valence-electron chi connectivity index (χ1n) is 10.0. The molecule has 1 aliphatic heterocycles. The van der Waals surface area contributed by atoms with E-state index in [4.69, 9.17) is 10.5 Å². The molecule has 8 heteroatoms. The lowest BCUT2D eigenvalue weighted by Crippen LogP contribution is -2.46. The molecule has 1 fully saturated rings. The number of ether oxygens (including phenoxy) is 1. The lowest BCUT2D eigenvalue weighted by atomic mass is 10.2. The van der Waals surface area contributed by atoms with Gasteiger partial charge >= 0.3 is 0 Å². The third-order valence-corrected chi connectivity index (χ3v) is 5.16. The number of methoxy groups -OCH3 is 1. The van der Waals surface area contributed by atoms with Crippen LogP contribution in [0.2, 0.25) is 0 Å². The molecule has 3 aromatic rings. The van der Waals surface area contributed by atoms with E-state index >= 15 is 0 Å². The lowest BCUT2D eigenvalue weighted by molar-refractivity contribution is 0.244. The first kappa shape index (κ1) is 19.9. The van der Waals surface area contributed by atoms with Gasteiger partial charge in [-0.25, -0.2) is 0 Å². The molecule has 0 aliphatic carbocycles. The molecule has 0 saturated carbocycles. The molecule has 30 heavy (non-hydrogen) atoms. The Hall–Kier alpha value is -3.39. The number of piperazine rings is 1. The molecular weight excluding hydrogens is 378 g/mol. The third kappa shape index (κ3) is 4.77. The Morgan fingerprint density at radius 1 is 1.00 bits per heavy atom. The predicted octanol–water partition coefficient (Wildman–Crippen LogP) is 2.84. The summed E-state index contributed by atoms with van der Waals surface area (Å²) < 4.78 is 5.42. The van der Waals surface area contributed by atoms with Gasteiger partial charge in [-0.15, -0.1) is 0 Å². The van der Waals surface area contributed by atoms with Gasteiger partial charge in [-0.2, -0.15) is 15.0 Å². The summed E-state index contributed by atoms with van der Waals surface area (Å²) in [5.74, 6) is 2.00. The van der Waals surface area contributed by atoms with E-state index < -0.39 is 0 Å². The molecule has 2 aromatic carbocycles. The normalized spacial score (nSPS) is 14.5. The van der Waals surface area contributed by atoms with Crippen molar-refractivity contribution in [2.45, 2.75) is 13.5 Å². The summed E-state index contributed by atoms with van der Waals surface area (Å²) in [5.41, 5.74) is 9.13. The highest BCUT2D eigenvalue weighted by Gasteiger charge is 2.19. The molecule has 0 amide bonds. The molecule has 3 N–H and O–H groups in total. The summed E-state index contributed by atoms with van der Waals surface area (Å²) in [6, 6.07) is 16.4. The molecule has 2 heterocycles. The van der Waals surface area contributed by atoms with Crippen molar-refractivity contribution in [2.75, 3.05) is 49.2 Å². The summed E-state index contributed by atoms with van der Waals surface area (Å²) >= 11 is 0. The number of nitrogens with zero attached hydrogens (tertiary/aromatic N) is 5. The Labute approximate surface area is 176 Å². The zero-order chi connectivity index (χ0) is 20.9. The van der Waals surface area contributed by atoms with Crippen LogP contribution in [0.4, 0.5) is 23.3 Å². The van der Waals surface area contributed by atoms with Crippen LogP contribution in [0, 0.1) is 6.92 Å². The molecule has 4 rings (SSSR count). The van der Waals surface area contributed by atoms with Gasteiger partial charge in [-0.05, 0) is 36.8 Å². The zero-order valence-corrected chi connectivity index (χ0v) is 17.4. The van der Waals surface area contributed by atoms with Crippen LogP contribution < -0.4 is 20.7 Å². The van der Waals surface area contributed by atoms with Gasteiger partial charge < -0.3 is 20.7 Å². The van der Waals surface area contributed by atoms with E-state index in [9.17, 15) is 0 Å². The van der Waals surface area contributed by atoms with Gasteiger partial charge in [0.05, 0.1) is 19.3 Å². The molecule has 156 valence electrons. The van der Waals surface area contributed by atoms with Crippen molar-refractivity contribution in [1.29, 1.82) is 0 Å². The molecule has 0 spiro atoms. The second-order valence-corrected chi connectivity index (χ2v) is 7.36. The fourth-order valence-electron chi connectivity index (χ4n) is 3.61. The number of nitrogen functional groups attached to an aromatic ring is 1. The van der Waals surface area contributed by atoms with E-state index in [1.165, 1.54) is 5.69 Å². The van der Waals surface area contributed by atoms with E-state index in [2.05, 4.69) is 54.3 Å². The largest absolute Gasteiger partial charge is 0.495 e. The Morgan fingerprint density at radius 3 is 2.50 bits per heavy atom. The van der Waals surface area contributed by atoms with Crippen LogP contribution >= 0.6 is 0 Å². The summed E-state index contributed by atoms with van der Waals surface area (Å²) in [7, 11) is 1.64. The minimum Gasteiger partial charge on any atom is -0.495 e. The molecule has 8 nitrogen and oxygen atoms in total. The van der Waals surface area contributed by atoms with Gasteiger partial charge in [0.1, 0.15) is 11.6 Å². The topological polar surface area (TPSA) is 92.4 Å². The van der Waals surface area contributed by atoms with Crippen molar-refractivity contribution in [1.82, 2.24) is 19.9 Å². The Morgan fingerprint density at radius 2 is 1.77 bits per heavy atom. The number of hydrogen-bond acceptors (Lipinski definition) is 8. The third-order valence-electron chi connectivity index (χ3n) is 5.16. The standard InChI is InChI=1S/C22H27N7O/c1-16-8-9-19(30-2)18(14-16)24-22-26-20(25-21(23)27-22)15-28-10-12-29(13-11-28)17-6-4-3-5-7-17/h3-9,14H,10-13,15H2,1-2H3,(H3,23,24,25,26,27). The molecule has 0 atom stereocenters. The molecular formula is C22H27N7O. The average Bonchev–Trinajstić information content (AvgIpc) is 2.75.